The predicted molar refractivity (Wildman–Crippen MR) is 86.8 cm³/mol. The molecule has 6 heteroatoms. The second-order valence-electron chi connectivity index (χ2n) is 4.97. The molecule has 1 unspecified atom stereocenters. The van der Waals surface area contributed by atoms with Crippen molar-refractivity contribution in [1.29, 1.82) is 0 Å². The summed E-state index contributed by atoms with van der Waals surface area (Å²) in [7, 11) is 1.37. The molecule has 0 spiro atoms. The Morgan fingerprint density at radius 3 is 2.73 bits per heavy atom. The Balaban J connectivity index is 1.91. The Morgan fingerprint density at radius 2 is 2.05 bits per heavy atom. The third kappa shape index (κ3) is 2.74. The van der Waals surface area contributed by atoms with Crippen LogP contribution in [0.25, 0.3) is 11.0 Å². The summed E-state index contributed by atoms with van der Waals surface area (Å²) >= 11 is 3.41. The molecule has 0 radical (unpaired) electrons. The van der Waals surface area contributed by atoms with Gasteiger partial charge in [0.2, 0.25) is 0 Å². The first-order valence-electron chi connectivity index (χ1n) is 6.77. The molecule has 5 nitrogen and oxygen atoms in total. The van der Waals surface area contributed by atoms with Gasteiger partial charge < -0.3 is 4.74 Å². The lowest BCUT2D eigenvalue weighted by Gasteiger charge is -2.12. The SMILES string of the molecule is COC(=O)c1ccc(C(C)n2cc3cc(Br)cnc3n2)cc1. The number of carbonyl (C=O) groups excluding carboxylic acids is 1. The van der Waals surface area contributed by atoms with Crippen molar-refractivity contribution >= 4 is 32.9 Å². The molecule has 0 aliphatic carbocycles. The van der Waals surface area contributed by atoms with E-state index in [2.05, 4.69) is 26.0 Å². The molecule has 2 heterocycles. The molecule has 1 atom stereocenters. The van der Waals surface area contributed by atoms with Crippen molar-refractivity contribution in [3.05, 3.63) is 58.3 Å². The van der Waals surface area contributed by atoms with Crippen molar-refractivity contribution in [1.82, 2.24) is 14.8 Å². The van der Waals surface area contributed by atoms with Crippen LogP contribution in [-0.2, 0) is 4.74 Å². The minimum atomic E-state index is -0.335. The summed E-state index contributed by atoms with van der Waals surface area (Å²) in [6.45, 7) is 2.05. The van der Waals surface area contributed by atoms with Gasteiger partial charge in [0.1, 0.15) is 0 Å². The van der Waals surface area contributed by atoms with Crippen molar-refractivity contribution in [2.75, 3.05) is 7.11 Å². The Bertz CT molecular complexity index is 827. The van der Waals surface area contributed by atoms with Crippen LogP contribution in [0.4, 0.5) is 0 Å². The van der Waals surface area contributed by atoms with E-state index in [9.17, 15) is 4.79 Å². The lowest BCUT2D eigenvalue weighted by Crippen LogP contribution is -2.08. The molecule has 0 bridgehead atoms. The molecule has 2 aromatic heterocycles. The molecule has 0 saturated heterocycles. The quantitative estimate of drug-likeness (QED) is 0.670. The summed E-state index contributed by atoms with van der Waals surface area (Å²) in [5.74, 6) is -0.335. The maximum atomic E-state index is 11.5. The van der Waals surface area contributed by atoms with Crippen molar-refractivity contribution in [2.45, 2.75) is 13.0 Å². The minimum Gasteiger partial charge on any atom is -0.465 e. The third-order valence-corrected chi connectivity index (χ3v) is 3.99. The van der Waals surface area contributed by atoms with Crippen LogP contribution in [0.15, 0.2) is 47.2 Å². The highest BCUT2D eigenvalue weighted by Gasteiger charge is 2.12. The highest BCUT2D eigenvalue weighted by Crippen LogP contribution is 2.22. The largest absolute Gasteiger partial charge is 0.465 e. The molecular weight excluding hydrogens is 346 g/mol. The van der Waals surface area contributed by atoms with Crippen LogP contribution in [0, 0.1) is 0 Å². The normalized spacial score (nSPS) is 12.3. The van der Waals surface area contributed by atoms with Crippen molar-refractivity contribution < 1.29 is 9.53 Å². The van der Waals surface area contributed by atoms with Gasteiger partial charge in [-0.3, -0.25) is 4.68 Å². The average molecular weight is 360 g/mol. The van der Waals surface area contributed by atoms with E-state index in [0.717, 1.165) is 15.4 Å². The molecule has 22 heavy (non-hydrogen) atoms. The fourth-order valence-corrected chi connectivity index (χ4v) is 2.62. The minimum absolute atomic E-state index is 0.0414. The van der Waals surface area contributed by atoms with Gasteiger partial charge in [0.05, 0.1) is 18.7 Å². The monoisotopic (exact) mass is 359 g/mol. The van der Waals surface area contributed by atoms with Gasteiger partial charge in [-0.15, -0.1) is 0 Å². The smallest absolute Gasteiger partial charge is 0.337 e. The Hall–Kier alpha value is -2.21. The highest BCUT2D eigenvalue weighted by atomic mass is 79.9. The number of carbonyl (C=O) groups is 1. The first kappa shape index (κ1) is 14.7. The molecule has 1 aromatic carbocycles. The van der Waals surface area contributed by atoms with Crippen LogP contribution in [0.3, 0.4) is 0 Å². The number of pyridine rings is 1. The van der Waals surface area contributed by atoms with Crippen molar-refractivity contribution in [3.63, 3.8) is 0 Å². The zero-order valence-corrected chi connectivity index (χ0v) is 13.7. The molecule has 0 N–H and O–H groups in total. The van der Waals surface area contributed by atoms with Gasteiger partial charge in [0, 0.05) is 22.3 Å². The van der Waals surface area contributed by atoms with Gasteiger partial charge >= 0.3 is 5.97 Å². The highest BCUT2D eigenvalue weighted by molar-refractivity contribution is 9.10. The fourth-order valence-electron chi connectivity index (χ4n) is 2.27. The third-order valence-electron chi connectivity index (χ3n) is 3.55. The fraction of sp³-hybridized carbons (Fsp3) is 0.188. The van der Waals surface area contributed by atoms with Gasteiger partial charge in [-0.2, -0.15) is 5.10 Å². The maximum absolute atomic E-state index is 11.5. The molecule has 0 saturated carbocycles. The molecular formula is C16H14BrN3O2. The summed E-state index contributed by atoms with van der Waals surface area (Å²) in [5, 5.41) is 5.48. The van der Waals surface area contributed by atoms with Crippen LogP contribution in [0.2, 0.25) is 0 Å². The molecule has 0 aliphatic heterocycles. The number of esters is 1. The Labute approximate surface area is 136 Å². The number of hydrogen-bond donors (Lipinski definition) is 0. The van der Waals surface area contributed by atoms with E-state index in [-0.39, 0.29) is 12.0 Å². The number of ether oxygens (including phenoxy) is 1. The van der Waals surface area contributed by atoms with Crippen LogP contribution in [-0.4, -0.2) is 27.8 Å². The topological polar surface area (TPSA) is 57.0 Å². The van der Waals surface area contributed by atoms with Crippen molar-refractivity contribution in [2.24, 2.45) is 0 Å². The number of aromatic nitrogens is 3. The molecule has 0 amide bonds. The first-order valence-corrected chi connectivity index (χ1v) is 7.56. The van der Waals surface area contributed by atoms with Gasteiger partial charge in [-0.05, 0) is 46.6 Å². The molecule has 3 aromatic rings. The first-order chi connectivity index (χ1) is 10.6. The van der Waals surface area contributed by atoms with Gasteiger partial charge in [-0.25, -0.2) is 9.78 Å². The zero-order valence-electron chi connectivity index (χ0n) is 12.2. The molecule has 3 rings (SSSR count). The van der Waals surface area contributed by atoms with E-state index in [1.807, 2.05) is 36.0 Å². The number of nitrogens with zero attached hydrogens (tertiary/aromatic N) is 3. The number of methoxy groups -OCH3 is 1. The number of fused-ring (bicyclic) bond motifs is 1. The van der Waals surface area contributed by atoms with Gasteiger partial charge in [-0.1, -0.05) is 12.1 Å². The Morgan fingerprint density at radius 1 is 1.32 bits per heavy atom. The van der Waals surface area contributed by atoms with Gasteiger partial charge in [0.25, 0.3) is 0 Å². The van der Waals surface area contributed by atoms with Gasteiger partial charge in [0.15, 0.2) is 5.65 Å². The van der Waals surface area contributed by atoms with E-state index in [1.165, 1.54) is 7.11 Å². The number of halogens is 1. The summed E-state index contributed by atoms with van der Waals surface area (Å²) in [6.07, 6.45) is 3.70. The molecule has 112 valence electrons. The number of rotatable bonds is 3. The van der Waals surface area contributed by atoms with Crippen LogP contribution < -0.4 is 0 Å². The maximum Gasteiger partial charge on any atom is 0.337 e. The Kier molecular flexibility index (Phi) is 3.94. The number of benzene rings is 1. The summed E-state index contributed by atoms with van der Waals surface area (Å²) in [6, 6.07) is 9.36. The average Bonchev–Trinajstić information content (AvgIpc) is 2.96. The van der Waals surface area contributed by atoms with E-state index < -0.39 is 0 Å². The second-order valence-corrected chi connectivity index (χ2v) is 5.88. The van der Waals surface area contributed by atoms with Crippen molar-refractivity contribution in [3.8, 4) is 0 Å². The summed E-state index contributed by atoms with van der Waals surface area (Å²) < 4.78 is 7.50. The molecule has 0 aliphatic rings. The van der Waals surface area contributed by atoms with Crippen LogP contribution >= 0.6 is 15.9 Å². The standard InChI is InChI=1S/C16H14BrN3O2/c1-10(11-3-5-12(6-4-11)16(21)22-2)20-9-13-7-14(17)8-18-15(13)19-20/h3-10H,1-2H3. The lowest BCUT2D eigenvalue weighted by molar-refractivity contribution is 0.0600. The summed E-state index contributed by atoms with van der Waals surface area (Å²) in [4.78, 5) is 15.7. The molecule has 0 fully saturated rings. The predicted octanol–water partition coefficient (Wildman–Crippen LogP) is 3.59. The van der Waals surface area contributed by atoms with E-state index in [0.29, 0.717) is 11.2 Å². The van der Waals surface area contributed by atoms with E-state index in [1.54, 1.807) is 18.3 Å². The summed E-state index contributed by atoms with van der Waals surface area (Å²) in [5.41, 5.74) is 2.30. The van der Waals surface area contributed by atoms with Crippen LogP contribution in [0.1, 0.15) is 28.9 Å². The lowest BCUT2D eigenvalue weighted by atomic mass is 10.1. The van der Waals surface area contributed by atoms with E-state index in [4.69, 9.17) is 4.74 Å². The number of hydrogen-bond acceptors (Lipinski definition) is 4. The second kappa shape index (κ2) is 5.88. The van der Waals surface area contributed by atoms with Crippen LogP contribution in [0.5, 0.6) is 0 Å². The zero-order chi connectivity index (χ0) is 15.7. The van der Waals surface area contributed by atoms with E-state index >= 15 is 0 Å².